The van der Waals surface area contributed by atoms with Gasteiger partial charge in [0.2, 0.25) is 0 Å². The molecule has 1 unspecified atom stereocenters. The molecule has 56 heavy (non-hydrogen) atoms. The van der Waals surface area contributed by atoms with Gasteiger partial charge in [0, 0.05) is 37.4 Å². The number of hydrogen-bond donors (Lipinski definition) is 3. The number of hydrogen-bond acceptors (Lipinski definition) is 10. The SMILES string of the molecule is COc1ccc(CN(Cc2ccc(OC)cc2)c2cc(C)c(C(F)(F)F)c(-c3c(Cl)c(OCCNC(C)c4cccnc4N)c4c(=O)[nH]cnc4c3F)n2)cc1. The molecule has 11 nitrogen and oxygen atoms in total. The van der Waals surface area contributed by atoms with Gasteiger partial charge in [-0.2, -0.15) is 13.2 Å². The number of pyridine rings is 2. The minimum Gasteiger partial charge on any atom is -0.497 e. The van der Waals surface area contributed by atoms with E-state index in [1.54, 1.807) is 61.7 Å². The fraction of sp³-hybridized carbons (Fsp3) is 0.250. The largest absolute Gasteiger partial charge is 0.497 e. The molecule has 0 aliphatic carbocycles. The fourth-order valence-corrected chi connectivity index (χ4v) is 6.69. The zero-order valence-electron chi connectivity index (χ0n) is 30.8. The van der Waals surface area contributed by atoms with Crippen molar-refractivity contribution in [3.63, 3.8) is 0 Å². The first-order chi connectivity index (χ1) is 26.8. The van der Waals surface area contributed by atoms with Crippen molar-refractivity contribution in [2.24, 2.45) is 0 Å². The smallest absolute Gasteiger partial charge is 0.418 e. The molecule has 292 valence electrons. The maximum absolute atomic E-state index is 16.7. The first-order valence-corrected chi connectivity index (χ1v) is 17.7. The molecule has 0 saturated heterocycles. The van der Waals surface area contributed by atoms with Gasteiger partial charge in [0.05, 0.1) is 42.4 Å². The van der Waals surface area contributed by atoms with Crippen molar-refractivity contribution in [3.8, 4) is 28.5 Å². The van der Waals surface area contributed by atoms with Crippen LogP contribution in [-0.4, -0.2) is 47.3 Å². The summed E-state index contributed by atoms with van der Waals surface area (Å²) >= 11 is 6.85. The standard InChI is InChI=1S/C40H38ClF4N7O4/c1-22-18-29(52(19-24-7-11-26(54-3)12-8-24)20-25-9-13-27(55-4)14-10-25)51-35(32(22)40(43,44)45)30-33(41)37(31-36(34(30)42)49-21-50-39(31)53)56-17-16-47-23(2)28-6-5-15-48-38(28)46/h5-15,18,21,23,47H,16-17,19-20H2,1-4H3,(H2,46,48)(H,49,50,53). The van der Waals surface area contributed by atoms with Gasteiger partial charge in [-0.25, -0.2) is 19.3 Å². The van der Waals surface area contributed by atoms with Crippen LogP contribution in [-0.2, 0) is 19.3 Å². The normalized spacial score (nSPS) is 12.1. The summed E-state index contributed by atoms with van der Waals surface area (Å²) in [4.78, 5) is 29.8. The van der Waals surface area contributed by atoms with Crippen LogP contribution in [0.4, 0.5) is 29.2 Å². The van der Waals surface area contributed by atoms with E-state index in [2.05, 4.69) is 25.3 Å². The maximum atomic E-state index is 16.7. The number of halogens is 5. The highest BCUT2D eigenvalue weighted by Gasteiger charge is 2.39. The number of anilines is 2. The van der Waals surface area contributed by atoms with Gasteiger partial charge >= 0.3 is 6.18 Å². The summed E-state index contributed by atoms with van der Waals surface area (Å²) in [7, 11) is 3.08. The van der Waals surface area contributed by atoms with E-state index in [1.807, 2.05) is 31.2 Å². The lowest BCUT2D eigenvalue weighted by atomic mass is 9.98. The number of rotatable bonds is 14. The van der Waals surface area contributed by atoms with E-state index >= 15 is 17.6 Å². The number of fused-ring (bicyclic) bond motifs is 1. The average molecular weight is 792 g/mol. The van der Waals surface area contributed by atoms with E-state index in [0.29, 0.717) is 17.3 Å². The summed E-state index contributed by atoms with van der Waals surface area (Å²) in [6, 6.07) is 18.9. The molecular formula is C40H38ClF4N7O4. The number of benzene rings is 3. The van der Waals surface area contributed by atoms with Gasteiger partial charge in [0.1, 0.15) is 40.6 Å². The minimum atomic E-state index is -5.00. The van der Waals surface area contributed by atoms with Gasteiger partial charge in [0.25, 0.3) is 5.56 Å². The van der Waals surface area contributed by atoms with Crippen LogP contribution in [0.2, 0.25) is 5.02 Å². The highest BCUT2D eigenvalue weighted by Crippen LogP contribution is 2.47. The second kappa shape index (κ2) is 16.8. The summed E-state index contributed by atoms with van der Waals surface area (Å²) < 4.78 is 78.4. The fourth-order valence-electron chi connectivity index (χ4n) is 6.37. The number of ether oxygens (including phenoxy) is 3. The van der Waals surface area contributed by atoms with Crippen molar-refractivity contribution in [3.05, 3.63) is 128 Å². The Balaban J connectivity index is 1.47. The number of aromatic nitrogens is 4. The van der Waals surface area contributed by atoms with Gasteiger partial charge in [-0.05, 0) is 66.9 Å². The molecule has 4 N–H and O–H groups in total. The van der Waals surface area contributed by atoms with Crippen LogP contribution < -0.4 is 35.7 Å². The van der Waals surface area contributed by atoms with E-state index < -0.39 is 44.9 Å². The highest BCUT2D eigenvalue weighted by atomic mass is 35.5. The van der Waals surface area contributed by atoms with Crippen molar-refractivity contribution >= 4 is 34.1 Å². The van der Waals surface area contributed by atoms with Crippen LogP contribution in [0.3, 0.4) is 0 Å². The number of nitrogens with one attached hydrogen (secondary N) is 2. The Morgan fingerprint density at radius 3 is 2.18 bits per heavy atom. The molecule has 0 radical (unpaired) electrons. The lowest BCUT2D eigenvalue weighted by Gasteiger charge is -2.27. The average Bonchev–Trinajstić information content (AvgIpc) is 3.17. The quantitative estimate of drug-likeness (QED) is 0.0734. The molecule has 3 aromatic carbocycles. The Morgan fingerprint density at radius 2 is 1.61 bits per heavy atom. The van der Waals surface area contributed by atoms with Gasteiger partial charge in [-0.3, -0.25) is 4.79 Å². The van der Waals surface area contributed by atoms with E-state index in [1.165, 1.54) is 13.0 Å². The van der Waals surface area contributed by atoms with Crippen molar-refractivity contribution in [1.29, 1.82) is 0 Å². The highest BCUT2D eigenvalue weighted by molar-refractivity contribution is 6.36. The Bertz CT molecular complexity index is 2340. The van der Waals surface area contributed by atoms with Gasteiger partial charge in [-0.15, -0.1) is 0 Å². The van der Waals surface area contributed by atoms with E-state index in [0.717, 1.165) is 23.0 Å². The Hall–Kier alpha value is -5.93. The summed E-state index contributed by atoms with van der Waals surface area (Å²) in [5.41, 5.74) is 4.01. The predicted octanol–water partition coefficient (Wildman–Crippen LogP) is 8.04. The summed E-state index contributed by atoms with van der Waals surface area (Å²) in [6.07, 6.45) is -2.49. The first kappa shape index (κ1) is 39.8. The lowest BCUT2D eigenvalue weighted by Crippen LogP contribution is -2.25. The molecule has 3 aromatic heterocycles. The minimum absolute atomic E-state index is 0.0990. The number of nitrogens with two attached hydrogens (primary N) is 1. The van der Waals surface area contributed by atoms with Crippen LogP contribution in [0.15, 0.2) is 84.0 Å². The molecule has 6 aromatic rings. The number of alkyl halides is 3. The third-order valence-corrected chi connectivity index (χ3v) is 9.54. The molecule has 6 rings (SSSR count). The number of methoxy groups -OCH3 is 2. The lowest BCUT2D eigenvalue weighted by molar-refractivity contribution is -0.137. The molecule has 1 atom stereocenters. The molecule has 0 aliphatic heterocycles. The predicted molar refractivity (Wildman–Crippen MR) is 207 cm³/mol. The third-order valence-electron chi connectivity index (χ3n) is 9.18. The third kappa shape index (κ3) is 8.48. The number of nitrogen functional groups attached to an aromatic ring is 1. The monoisotopic (exact) mass is 791 g/mol. The van der Waals surface area contributed by atoms with Crippen molar-refractivity contribution in [1.82, 2.24) is 25.3 Å². The van der Waals surface area contributed by atoms with Crippen LogP contribution in [0.25, 0.3) is 22.2 Å². The molecule has 0 bridgehead atoms. The van der Waals surface area contributed by atoms with E-state index in [4.69, 9.17) is 31.5 Å². The van der Waals surface area contributed by atoms with Crippen LogP contribution >= 0.6 is 11.6 Å². The molecule has 0 spiro atoms. The molecule has 16 heteroatoms. The molecule has 0 aliphatic rings. The molecule has 0 amide bonds. The number of H-pyrrole nitrogens is 1. The van der Waals surface area contributed by atoms with Crippen LogP contribution in [0.5, 0.6) is 17.2 Å². The maximum Gasteiger partial charge on any atom is 0.418 e. The van der Waals surface area contributed by atoms with Crippen molar-refractivity contribution < 1.29 is 31.8 Å². The second-order valence-electron chi connectivity index (χ2n) is 12.9. The zero-order valence-corrected chi connectivity index (χ0v) is 31.6. The van der Waals surface area contributed by atoms with E-state index in [9.17, 15) is 4.79 Å². The van der Waals surface area contributed by atoms with Crippen LogP contribution in [0, 0.1) is 12.7 Å². The van der Waals surface area contributed by atoms with E-state index in [-0.39, 0.29) is 54.8 Å². The van der Waals surface area contributed by atoms with Crippen LogP contribution in [0.1, 0.15) is 40.8 Å². The topological polar surface area (TPSA) is 141 Å². The molecule has 3 heterocycles. The van der Waals surface area contributed by atoms with Gasteiger partial charge in [0.15, 0.2) is 11.6 Å². The summed E-state index contributed by atoms with van der Waals surface area (Å²) in [5.74, 6) is 0.0538. The van der Waals surface area contributed by atoms with Gasteiger partial charge < -0.3 is 35.1 Å². The Labute approximate surface area is 324 Å². The zero-order chi connectivity index (χ0) is 40.1. The first-order valence-electron chi connectivity index (χ1n) is 17.4. The summed E-state index contributed by atoms with van der Waals surface area (Å²) in [5, 5.41) is 2.27. The number of nitrogens with zero attached hydrogens (tertiary/aromatic N) is 4. The second-order valence-corrected chi connectivity index (χ2v) is 13.2. The number of aromatic amines is 1. The van der Waals surface area contributed by atoms with Crippen molar-refractivity contribution in [2.75, 3.05) is 38.0 Å². The Kier molecular flexibility index (Phi) is 12.0. The van der Waals surface area contributed by atoms with Crippen molar-refractivity contribution in [2.45, 2.75) is 39.2 Å². The molecule has 0 fully saturated rings. The molecular weight excluding hydrogens is 754 g/mol. The van der Waals surface area contributed by atoms with Gasteiger partial charge in [-0.1, -0.05) is 41.9 Å². The number of aryl methyl sites for hydroxylation is 1. The summed E-state index contributed by atoms with van der Waals surface area (Å²) in [6.45, 7) is 3.56. The Morgan fingerprint density at radius 1 is 0.982 bits per heavy atom. The molecule has 0 saturated carbocycles.